The predicted octanol–water partition coefficient (Wildman–Crippen LogP) is 5.01. The molecule has 2 aliphatic rings. The number of fused-ring (bicyclic) bond motifs is 2. The van der Waals surface area contributed by atoms with Crippen molar-refractivity contribution in [3.63, 3.8) is 0 Å². The molecule has 0 bridgehead atoms. The van der Waals surface area contributed by atoms with E-state index in [4.69, 9.17) is 14.2 Å². The highest BCUT2D eigenvalue weighted by atomic mass is 32.1. The molecule has 5 rings (SSSR count). The van der Waals surface area contributed by atoms with Crippen LogP contribution in [-0.4, -0.2) is 106 Å². The fraction of sp³-hybridized carbons (Fsp3) is 0.667. The topological polar surface area (TPSA) is 138 Å². The van der Waals surface area contributed by atoms with Crippen molar-refractivity contribution in [1.29, 1.82) is 0 Å². The SMILES string of the molecule is B[C@@H]1[C@H](C)C(=O)[C@](C)(F)C(=O)O[C@H](CC)[C@@]2(C)OC(=O)N(CCCCn3cc(-c4nc5ccccc5s4)nn3)[C@@H]2[C@@H](C)NC[C@H](C)C[C@@]1(C)OC. The zero-order valence-corrected chi connectivity index (χ0v) is 32.1. The number of Topliss-reactive ketones (excluding diaryl/α,β-unsaturated/α-hetero) is 1. The summed E-state index contributed by atoms with van der Waals surface area (Å²) >= 11 is 1.57. The molecule has 1 aromatic carbocycles. The number of alkyl halides is 1. The summed E-state index contributed by atoms with van der Waals surface area (Å²) in [5.41, 5.74) is -3.37. The number of halogens is 1. The maximum atomic E-state index is 16.3. The van der Waals surface area contributed by atoms with Gasteiger partial charge in [0.05, 0.1) is 28.1 Å². The van der Waals surface area contributed by atoms with Crippen LogP contribution in [0.25, 0.3) is 20.9 Å². The van der Waals surface area contributed by atoms with Crippen LogP contribution >= 0.6 is 11.3 Å². The molecule has 2 aliphatic heterocycles. The number of hydrogen-bond acceptors (Lipinski definition) is 11. The molecule has 2 aromatic heterocycles. The van der Waals surface area contributed by atoms with Gasteiger partial charge in [-0.25, -0.2) is 19.0 Å². The van der Waals surface area contributed by atoms with Crippen LogP contribution in [0.15, 0.2) is 30.5 Å². The van der Waals surface area contributed by atoms with Crippen molar-refractivity contribution < 1.29 is 33.0 Å². The van der Waals surface area contributed by atoms with E-state index in [2.05, 4.69) is 27.5 Å². The highest BCUT2D eigenvalue weighted by Crippen LogP contribution is 2.41. The smallest absolute Gasteiger partial charge is 0.410 e. The van der Waals surface area contributed by atoms with E-state index in [-0.39, 0.29) is 18.4 Å². The Hall–Kier alpha value is -3.43. The first-order valence-electron chi connectivity index (χ1n) is 18.0. The number of carbonyl (C=O) groups is 3. The number of rotatable bonds is 8. The van der Waals surface area contributed by atoms with Crippen molar-refractivity contribution in [2.45, 2.75) is 122 Å². The number of aromatic nitrogens is 4. The Morgan fingerprint density at radius 3 is 2.51 bits per heavy atom. The maximum Gasteiger partial charge on any atom is 0.410 e. The molecule has 278 valence electrons. The summed E-state index contributed by atoms with van der Waals surface area (Å²) in [6.07, 6.45) is 2.50. The van der Waals surface area contributed by atoms with E-state index >= 15 is 4.39 Å². The fourth-order valence-electron chi connectivity index (χ4n) is 7.87. The van der Waals surface area contributed by atoms with Crippen molar-refractivity contribution in [2.24, 2.45) is 11.8 Å². The van der Waals surface area contributed by atoms with E-state index in [9.17, 15) is 14.4 Å². The minimum atomic E-state index is -2.91. The number of nitrogens with zero attached hydrogens (tertiary/aromatic N) is 5. The van der Waals surface area contributed by atoms with Gasteiger partial charge < -0.3 is 19.5 Å². The molecule has 0 spiro atoms. The van der Waals surface area contributed by atoms with Gasteiger partial charge in [0, 0.05) is 32.2 Å². The Morgan fingerprint density at radius 1 is 1.12 bits per heavy atom. The number of nitrogens with one attached hydrogen (secondary N) is 1. The Labute approximate surface area is 304 Å². The fourth-order valence-corrected chi connectivity index (χ4v) is 8.79. The van der Waals surface area contributed by atoms with E-state index in [0.717, 1.165) is 22.1 Å². The lowest BCUT2D eigenvalue weighted by molar-refractivity contribution is -0.179. The molecule has 9 atom stereocenters. The summed E-state index contributed by atoms with van der Waals surface area (Å²) in [6, 6.07) is 7.08. The van der Waals surface area contributed by atoms with E-state index in [1.54, 1.807) is 48.8 Å². The number of unbranched alkanes of at least 4 members (excludes halogenated alkanes) is 1. The van der Waals surface area contributed by atoms with Gasteiger partial charge in [-0.2, -0.15) is 0 Å². The van der Waals surface area contributed by atoms with E-state index in [1.165, 1.54) is 0 Å². The standard InChI is InChI=1S/C36H52BFN6O6S/c1-9-27-36(7)29(23(4)39-19-21(2)18-34(5,48-8)28(37)22(3)30(45)35(6,38)32(46)49-27)44(33(47)50-36)17-13-12-16-43-20-25(41-42-43)31-40-24-14-10-11-15-26(24)51-31/h10-11,14-15,20-23,27-29,39H,9,12-13,16-19,37H2,1-8H3/t21-,22+,23-,27-,28-,29-,34-,35+,36-/m1/s1. The van der Waals surface area contributed by atoms with Crippen LogP contribution in [0.2, 0.25) is 5.82 Å². The number of aryl methyl sites for hydroxylation is 1. The lowest BCUT2D eigenvalue weighted by atomic mass is 9.62. The van der Waals surface area contributed by atoms with Gasteiger partial charge in [-0.3, -0.25) is 14.4 Å². The highest BCUT2D eigenvalue weighted by molar-refractivity contribution is 7.21. The number of thiazole rings is 1. The van der Waals surface area contributed by atoms with E-state index < -0.39 is 58.6 Å². The van der Waals surface area contributed by atoms with Crippen LogP contribution in [0, 0.1) is 11.8 Å². The molecule has 1 N–H and O–H groups in total. The number of hydrogen-bond donors (Lipinski definition) is 1. The molecule has 2 fully saturated rings. The summed E-state index contributed by atoms with van der Waals surface area (Å²) in [5, 5.41) is 13.1. The molecule has 1 amide bonds. The van der Waals surface area contributed by atoms with Gasteiger partial charge in [0.2, 0.25) is 0 Å². The number of ether oxygens (including phenoxy) is 3. The Morgan fingerprint density at radius 2 is 1.82 bits per heavy atom. The molecule has 0 unspecified atom stereocenters. The highest BCUT2D eigenvalue weighted by Gasteiger charge is 2.59. The quantitative estimate of drug-likeness (QED) is 0.146. The first kappa shape index (κ1) is 38.8. The first-order valence-corrected chi connectivity index (χ1v) is 18.9. The third-order valence-corrected chi connectivity index (χ3v) is 12.3. The molecule has 51 heavy (non-hydrogen) atoms. The lowest BCUT2D eigenvalue weighted by Gasteiger charge is -2.41. The second-order valence-electron chi connectivity index (χ2n) is 15.0. The largest absolute Gasteiger partial charge is 0.455 e. The Balaban J connectivity index is 1.34. The van der Waals surface area contributed by atoms with Crippen LogP contribution in [0.5, 0.6) is 0 Å². The molecule has 3 aromatic rings. The molecular weight excluding hydrogens is 674 g/mol. The van der Waals surface area contributed by atoms with Crippen molar-refractivity contribution in [1.82, 2.24) is 30.2 Å². The second kappa shape index (κ2) is 15.3. The summed E-state index contributed by atoms with van der Waals surface area (Å²) in [7, 11) is 3.45. The summed E-state index contributed by atoms with van der Waals surface area (Å²) in [5.74, 6) is -3.28. The minimum Gasteiger partial charge on any atom is -0.455 e. The minimum absolute atomic E-state index is 0.0944. The number of benzene rings is 1. The van der Waals surface area contributed by atoms with Crippen molar-refractivity contribution in [2.75, 3.05) is 20.2 Å². The predicted molar refractivity (Wildman–Crippen MR) is 196 cm³/mol. The van der Waals surface area contributed by atoms with E-state index in [1.807, 2.05) is 52.2 Å². The van der Waals surface area contributed by atoms with Crippen LogP contribution in [0.4, 0.5) is 9.18 Å². The third kappa shape index (κ3) is 7.71. The average molecular weight is 727 g/mol. The van der Waals surface area contributed by atoms with Gasteiger partial charge in [0.15, 0.2) is 11.4 Å². The van der Waals surface area contributed by atoms with E-state index in [0.29, 0.717) is 44.6 Å². The molecule has 0 saturated carbocycles. The van der Waals surface area contributed by atoms with Crippen LogP contribution < -0.4 is 5.32 Å². The number of ketones is 1. The molecule has 12 nitrogen and oxygen atoms in total. The summed E-state index contributed by atoms with van der Waals surface area (Å²) < 4.78 is 37.0. The zero-order valence-electron chi connectivity index (χ0n) is 31.3. The maximum absolute atomic E-state index is 16.3. The third-order valence-electron chi connectivity index (χ3n) is 11.3. The van der Waals surface area contributed by atoms with Gasteiger partial charge in [-0.15, -0.1) is 16.4 Å². The molecular formula is C36H52BFN6O6S. The molecule has 0 radical (unpaired) electrons. The summed E-state index contributed by atoms with van der Waals surface area (Å²) in [6.45, 7) is 13.7. The van der Waals surface area contributed by atoms with Crippen molar-refractivity contribution in [3.05, 3.63) is 30.5 Å². The average Bonchev–Trinajstić information content (AvgIpc) is 3.82. The summed E-state index contributed by atoms with van der Waals surface area (Å²) in [4.78, 5) is 47.1. The van der Waals surface area contributed by atoms with Crippen molar-refractivity contribution >= 4 is 47.2 Å². The number of esters is 1. The number of amides is 1. The number of methoxy groups -OCH3 is 1. The molecule has 15 heteroatoms. The number of carbonyl (C=O) groups excluding carboxylic acids is 3. The lowest BCUT2D eigenvalue weighted by Crippen LogP contribution is -2.61. The Kier molecular flexibility index (Phi) is 11.6. The van der Waals surface area contributed by atoms with Crippen LogP contribution in [-0.2, 0) is 30.3 Å². The number of para-hydroxylation sites is 1. The van der Waals surface area contributed by atoms with Gasteiger partial charge >= 0.3 is 12.1 Å². The van der Waals surface area contributed by atoms with Crippen molar-refractivity contribution in [3.8, 4) is 10.7 Å². The van der Waals surface area contributed by atoms with Gasteiger partial charge in [-0.1, -0.05) is 38.1 Å². The zero-order chi connectivity index (χ0) is 37.3. The number of cyclic esters (lactones) is 1. The normalized spacial score (nSPS) is 34.1. The second-order valence-corrected chi connectivity index (χ2v) is 16.1. The molecule has 0 aliphatic carbocycles. The monoisotopic (exact) mass is 726 g/mol. The molecule has 4 heterocycles. The van der Waals surface area contributed by atoms with Gasteiger partial charge in [-0.05, 0) is 83.8 Å². The van der Waals surface area contributed by atoms with Crippen LogP contribution in [0.3, 0.4) is 0 Å². The Bertz CT molecular complexity index is 1690. The van der Waals surface area contributed by atoms with Gasteiger partial charge in [0.25, 0.3) is 5.67 Å². The molecule has 2 saturated heterocycles. The van der Waals surface area contributed by atoms with Crippen LogP contribution in [0.1, 0.15) is 74.1 Å². The van der Waals surface area contributed by atoms with Gasteiger partial charge in [0.1, 0.15) is 24.7 Å². The first-order chi connectivity index (χ1) is 24.0.